The topological polar surface area (TPSA) is 76.7 Å². The van der Waals surface area contributed by atoms with Crippen LogP contribution in [0.15, 0.2) is 54.6 Å². The molecule has 2 aromatic rings. The van der Waals surface area contributed by atoms with E-state index in [1.165, 1.54) is 0 Å². The van der Waals surface area contributed by atoms with Gasteiger partial charge in [-0.3, -0.25) is 4.79 Å². The van der Waals surface area contributed by atoms with E-state index in [-0.39, 0.29) is 18.0 Å². The van der Waals surface area contributed by atoms with E-state index < -0.39 is 17.6 Å². The number of benzene rings is 2. The number of hydrogen-bond acceptors (Lipinski definition) is 5. The molecule has 6 nitrogen and oxygen atoms in total. The third-order valence-corrected chi connectivity index (χ3v) is 5.18. The first-order valence-electron chi connectivity index (χ1n) is 12.5. The Labute approximate surface area is 210 Å². The molecular formula is C29H42N2O4. The molecule has 2 atom stereocenters. The highest BCUT2D eigenvalue weighted by atomic mass is 16.6. The molecule has 0 spiro atoms. The normalized spacial score (nSPS) is 13.4. The number of rotatable bonds is 12. The Balaban J connectivity index is 2.11. The lowest BCUT2D eigenvalue weighted by Gasteiger charge is -2.27. The van der Waals surface area contributed by atoms with Crippen LogP contribution >= 0.6 is 0 Å². The molecule has 0 fully saturated rings. The van der Waals surface area contributed by atoms with Gasteiger partial charge < -0.3 is 20.1 Å². The molecule has 0 aliphatic heterocycles. The predicted octanol–water partition coefficient (Wildman–Crippen LogP) is 5.05. The zero-order chi connectivity index (χ0) is 26.0. The Kier molecular flexibility index (Phi) is 10.8. The third kappa shape index (κ3) is 11.0. The SMILES string of the molecule is CC(C)CC(NC(C)C)C(=O)NC(Cc1ccc(OCc2ccccc2)cc1)C(=O)OC(C)(C)C. The minimum Gasteiger partial charge on any atom is -0.489 e. The van der Waals surface area contributed by atoms with Gasteiger partial charge in [0, 0.05) is 12.5 Å². The summed E-state index contributed by atoms with van der Waals surface area (Å²) < 4.78 is 11.5. The second-order valence-corrected chi connectivity index (χ2v) is 10.7. The minimum atomic E-state index is -0.790. The number of amides is 1. The molecule has 2 N–H and O–H groups in total. The Morgan fingerprint density at radius 1 is 0.857 bits per heavy atom. The van der Waals surface area contributed by atoms with Crippen molar-refractivity contribution in [2.24, 2.45) is 5.92 Å². The summed E-state index contributed by atoms with van der Waals surface area (Å²) in [5.74, 6) is 0.447. The fourth-order valence-electron chi connectivity index (χ4n) is 3.66. The largest absolute Gasteiger partial charge is 0.489 e. The van der Waals surface area contributed by atoms with Crippen LogP contribution in [0.2, 0.25) is 0 Å². The minimum absolute atomic E-state index is 0.146. The number of nitrogens with one attached hydrogen (secondary N) is 2. The van der Waals surface area contributed by atoms with Gasteiger partial charge in [0.15, 0.2) is 0 Å². The Morgan fingerprint density at radius 2 is 1.49 bits per heavy atom. The fourth-order valence-corrected chi connectivity index (χ4v) is 3.66. The van der Waals surface area contributed by atoms with Gasteiger partial charge in [-0.15, -0.1) is 0 Å². The zero-order valence-electron chi connectivity index (χ0n) is 22.3. The standard InChI is InChI=1S/C29H42N2O4/c1-20(2)17-25(30-21(3)4)27(32)31-26(28(33)35-29(5,6)7)18-22-13-15-24(16-14-22)34-19-23-11-9-8-10-12-23/h8-16,20-21,25-26,30H,17-19H2,1-7H3,(H,31,32). The quantitative estimate of drug-likeness (QED) is 0.414. The average molecular weight is 483 g/mol. The lowest BCUT2D eigenvalue weighted by atomic mass is 10.0. The van der Waals surface area contributed by atoms with Gasteiger partial charge >= 0.3 is 5.97 Å². The second kappa shape index (κ2) is 13.3. The molecule has 0 saturated heterocycles. The maximum atomic E-state index is 13.2. The number of carbonyl (C=O) groups is 2. The lowest BCUT2D eigenvalue weighted by molar-refractivity contribution is -0.158. The van der Waals surface area contributed by atoms with Crippen molar-refractivity contribution in [2.45, 2.75) is 91.6 Å². The van der Waals surface area contributed by atoms with Gasteiger partial charge in [-0.05, 0) is 56.4 Å². The molecule has 0 aromatic heterocycles. The molecular weight excluding hydrogens is 440 g/mol. The van der Waals surface area contributed by atoms with E-state index in [1.54, 1.807) is 0 Å². The first kappa shape index (κ1) is 28.4. The van der Waals surface area contributed by atoms with Gasteiger partial charge in [0.05, 0.1) is 6.04 Å². The maximum Gasteiger partial charge on any atom is 0.329 e. The van der Waals surface area contributed by atoms with E-state index in [1.807, 2.05) is 89.2 Å². The van der Waals surface area contributed by atoms with E-state index in [2.05, 4.69) is 24.5 Å². The molecule has 0 aliphatic carbocycles. The first-order chi connectivity index (χ1) is 16.4. The average Bonchev–Trinajstić information content (AvgIpc) is 2.76. The molecule has 0 saturated carbocycles. The van der Waals surface area contributed by atoms with Crippen LogP contribution in [0, 0.1) is 5.92 Å². The van der Waals surface area contributed by atoms with Crippen LogP contribution in [0.3, 0.4) is 0 Å². The summed E-state index contributed by atoms with van der Waals surface area (Å²) in [7, 11) is 0. The molecule has 2 rings (SSSR count). The highest BCUT2D eigenvalue weighted by Crippen LogP contribution is 2.17. The number of hydrogen-bond donors (Lipinski definition) is 2. The van der Waals surface area contributed by atoms with Crippen molar-refractivity contribution >= 4 is 11.9 Å². The molecule has 192 valence electrons. The van der Waals surface area contributed by atoms with E-state index in [0.717, 1.165) is 16.9 Å². The van der Waals surface area contributed by atoms with Crippen LogP contribution in [0.4, 0.5) is 0 Å². The van der Waals surface area contributed by atoms with Crippen LogP contribution in [0.25, 0.3) is 0 Å². The van der Waals surface area contributed by atoms with Crippen molar-refractivity contribution in [3.8, 4) is 5.75 Å². The molecule has 6 heteroatoms. The van der Waals surface area contributed by atoms with Crippen molar-refractivity contribution in [2.75, 3.05) is 0 Å². The van der Waals surface area contributed by atoms with Crippen molar-refractivity contribution < 1.29 is 19.1 Å². The van der Waals surface area contributed by atoms with Gasteiger partial charge in [0.1, 0.15) is 24.0 Å². The van der Waals surface area contributed by atoms with E-state index in [4.69, 9.17) is 9.47 Å². The molecule has 0 heterocycles. The number of ether oxygens (including phenoxy) is 2. The Morgan fingerprint density at radius 3 is 2.03 bits per heavy atom. The second-order valence-electron chi connectivity index (χ2n) is 10.7. The summed E-state index contributed by atoms with van der Waals surface area (Å²) in [6.07, 6.45) is 1.01. The Bertz CT molecular complexity index is 908. The van der Waals surface area contributed by atoms with E-state index in [0.29, 0.717) is 25.4 Å². The highest BCUT2D eigenvalue weighted by molar-refractivity contribution is 5.88. The van der Waals surface area contributed by atoms with Gasteiger partial charge in [-0.2, -0.15) is 0 Å². The van der Waals surface area contributed by atoms with Crippen LogP contribution in [0.5, 0.6) is 5.75 Å². The van der Waals surface area contributed by atoms with Gasteiger partial charge in [0.2, 0.25) is 5.91 Å². The predicted molar refractivity (Wildman–Crippen MR) is 140 cm³/mol. The molecule has 2 aromatic carbocycles. The monoisotopic (exact) mass is 482 g/mol. The number of carbonyl (C=O) groups excluding carboxylic acids is 2. The molecule has 2 unspecified atom stereocenters. The molecule has 0 aliphatic rings. The van der Waals surface area contributed by atoms with Gasteiger partial charge in [0.25, 0.3) is 0 Å². The summed E-state index contributed by atoms with van der Waals surface area (Å²) in [6, 6.07) is 16.5. The van der Waals surface area contributed by atoms with Crippen molar-refractivity contribution in [3.05, 3.63) is 65.7 Å². The van der Waals surface area contributed by atoms with Crippen LogP contribution in [0.1, 0.15) is 66.0 Å². The van der Waals surface area contributed by atoms with Crippen LogP contribution in [-0.2, 0) is 27.4 Å². The number of esters is 1. The Hall–Kier alpha value is -2.86. The summed E-state index contributed by atoms with van der Waals surface area (Å²) in [5.41, 5.74) is 1.35. The highest BCUT2D eigenvalue weighted by Gasteiger charge is 2.30. The zero-order valence-corrected chi connectivity index (χ0v) is 22.3. The molecule has 0 radical (unpaired) electrons. The summed E-state index contributed by atoms with van der Waals surface area (Å²) in [4.78, 5) is 26.2. The first-order valence-corrected chi connectivity index (χ1v) is 12.5. The summed E-state index contributed by atoms with van der Waals surface area (Å²) in [5, 5.41) is 6.27. The van der Waals surface area contributed by atoms with E-state index >= 15 is 0 Å². The third-order valence-electron chi connectivity index (χ3n) is 5.18. The van der Waals surface area contributed by atoms with Crippen molar-refractivity contribution in [1.82, 2.24) is 10.6 Å². The maximum absolute atomic E-state index is 13.2. The lowest BCUT2D eigenvalue weighted by Crippen LogP contribution is -2.53. The summed E-state index contributed by atoms with van der Waals surface area (Å²) in [6.45, 7) is 14.1. The van der Waals surface area contributed by atoms with Crippen molar-refractivity contribution in [3.63, 3.8) is 0 Å². The van der Waals surface area contributed by atoms with Crippen LogP contribution in [-0.4, -0.2) is 35.6 Å². The fraction of sp³-hybridized carbons (Fsp3) is 0.517. The molecule has 35 heavy (non-hydrogen) atoms. The van der Waals surface area contributed by atoms with E-state index in [9.17, 15) is 9.59 Å². The van der Waals surface area contributed by atoms with Crippen LogP contribution < -0.4 is 15.4 Å². The van der Waals surface area contributed by atoms with Gasteiger partial charge in [-0.25, -0.2) is 4.79 Å². The van der Waals surface area contributed by atoms with Gasteiger partial charge in [-0.1, -0.05) is 70.2 Å². The molecule has 0 bridgehead atoms. The smallest absolute Gasteiger partial charge is 0.329 e. The van der Waals surface area contributed by atoms with Crippen molar-refractivity contribution in [1.29, 1.82) is 0 Å². The molecule has 1 amide bonds. The summed E-state index contributed by atoms with van der Waals surface area (Å²) >= 11 is 0.